The summed E-state index contributed by atoms with van der Waals surface area (Å²) in [5.74, 6) is -0.203. The number of aryl methyl sites for hydroxylation is 1. The van der Waals surface area contributed by atoms with Crippen molar-refractivity contribution in [1.82, 2.24) is 9.99 Å². The van der Waals surface area contributed by atoms with Gasteiger partial charge >= 0.3 is 0 Å². The van der Waals surface area contributed by atoms with E-state index in [-0.39, 0.29) is 12.3 Å². The first-order valence-electron chi connectivity index (χ1n) is 8.56. The Kier molecular flexibility index (Phi) is 6.45. The third kappa shape index (κ3) is 4.58. The molecule has 1 N–H and O–H groups in total. The molecule has 0 aliphatic carbocycles. The molecule has 0 atom stereocenters. The largest absolute Gasteiger partial charge is 0.316 e. The molecule has 0 fully saturated rings. The zero-order valence-electron chi connectivity index (χ0n) is 15.3. The van der Waals surface area contributed by atoms with Crippen LogP contribution in [0.4, 0.5) is 0 Å². The number of halogens is 3. The fourth-order valence-corrected chi connectivity index (χ4v) is 3.46. The van der Waals surface area contributed by atoms with Crippen LogP contribution in [0.15, 0.2) is 53.6 Å². The lowest BCUT2D eigenvalue weighted by Gasteiger charge is -2.12. The van der Waals surface area contributed by atoms with Crippen LogP contribution in [-0.2, 0) is 11.2 Å². The molecule has 0 unspecified atom stereocenters. The first-order chi connectivity index (χ1) is 13.4. The summed E-state index contributed by atoms with van der Waals surface area (Å²) in [4.78, 5) is 12.1. The molecule has 0 bridgehead atoms. The van der Waals surface area contributed by atoms with Gasteiger partial charge in [0.2, 0.25) is 5.91 Å². The Balaban J connectivity index is 1.73. The van der Waals surface area contributed by atoms with Crippen LogP contribution in [0.3, 0.4) is 0 Å². The van der Waals surface area contributed by atoms with Gasteiger partial charge in [0.05, 0.1) is 28.4 Å². The summed E-state index contributed by atoms with van der Waals surface area (Å²) < 4.78 is 2.01. The highest BCUT2D eigenvalue weighted by molar-refractivity contribution is 6.43. The van der Waals surface area contributed by atoms with Crippen molar-refractivity contribution in [1.29, 1.82) is 0 Å². The molecule has 0 aliphatic rings. The summed E-state index contributed by atoms with van der Waals surface area (Å²) >= 11 is 18.4. The monoisotopic (exact) mass is 433 g/mol. The Morgan fingerprint density at radius 3 is 2.54 bits per heavy atom. The first kappa shape index (κ1) is 20.5. The number of hydrazone groups is 1. The Hall–Kier alpha value is -2.27. The lowest BCUT2D eigenvalue weighted by molar-refractivity contribution is -0.120. The van der Waals surface area contributed by atoms with Gasteiger partial charge in [-0.15, -0.1) is 0 Å². The molecule has 0 aliphatic heterocycles. The van der Waals surface area contributed by atoms with Crippen LogP contribution in [0.1, 0.15) is 22.5 Å². The zero-order chi connectivity index (χ0) is 20.3. The number of hydrogen-bond acceptors (Lipinski definition) is 2. The molecule has 1 amide bonds. The van der Waals surface area contributed by atoms with Crippen LogP contribution >= 0.6 is 34.8 Å². The molecule has 4 nitrogen and oxygen atoms in total. The van der Waals surface area contributed by atoms with Crippen LogP contribution < -0.4 is 5.43 Å². The second-order valence-corrected chi connectivity index (χ2v) is 7.55. The van der Waals surface area contributed by atoms with Gasteiger partial charge in [0, 0.05) is 22.0 Å². The quantitative estimate of drug-likeness (QED) is 0.403. The van der Waals surface area contributed by atoms with E-state index in [1.807, 2.05) is 48.7 Å². The number of carbonyl (C=O) groups excluding carboxylic acids is 1. The van der Waals surface area contributed by atoms with E-state index in [2.05, 4.69) is 10.5 Å². The number of amides is 1. The molecule has 0 radical (unpaired) electrons. The van der Waals surface area contributed by atoms with Crippen molar-refractivity contribution in [3.8, 4) is 5.69 Å². The SMILES string of the molecule is Cc1cc(/C=N\NC(=O)Cc2ccc(Cl)cc2)c(C)n1-c1cccc(Cl)c1Cl. The topological polar surface area (TPSA) is 46.4 Å². The minimum absolute atomic E-state index is 0.203. The Bertz CT molecular complexity index is 1040. The fourth-order valence-electron chi connectivity index (χ4n) is 2.96. The van der Waals surface area contributed by atoms with Crippen molar-refractivity contribution in [3.05, 3.63) is 86.1 Å². The number of aromatic nitrogens is 1. The molecule has 28 heavy (non-hydrogen) atoms. The van der Waals surface area contributed by atoms with Crippen molar-refractivity contribution in [3.63, 3.8) is 0 Å². The highest BCUT2D eigenvalue weighted by Crippen LogP contribution is 2.31. The van der Waals surface area contributed by atoms with Gasteiger partial charge in [0.1, 0.15) is 0 Å². The lowest BCUT2D eigenvalue weighted by Crippen LogP contribution is -2.19. The van der Waals surface area contributed by atoms with Gasteiger partial charge < -0.3 is 4.57 Å². The molecule has 0 spiro atoms. The van der Waals surface area contributed by atoms with Crippen LogP contribution in [0, 0.1) is 13.8 Å². The molecular formula is C21H18Cl3N3O. The highest BCUT2D eigenvalue weighted by atomic mass is 35.5. The number of carbonyl (C=O) groups is 1. The second-order valence-electron chi connectivity index (χ2n) is 6.33. The Labute approximate surface area is 178 Å². The number of nitrogens with one attached hydrogen (secondary N) is 1. The first-order valence-corrected chi connectivity index (χ1v) is 9.70. The van der Waals surface area contributed by atoms with E-state index in [4.69, 9.17) is 34.8 Å². The number of benzene rings is 2. The fraction of sp³-hybridized carbons (Fsp3) is 0.143. The average molecular weight is 435 g/mol. The summed E-state index contributed by atoms with van der Waals surface area (Å²) in [6, 6.07) is 14.6. The van der Waals surface area contributed by atoms with Gasteiger partial charge in [-0.2, -0.15) is 5.10 Å². The highest BCUT2D eigenvalue weighted by Gasteiger charge is 2.13. The lowest BCUT2D eigenvalue weighted by atomic mass is 10.1. The predicted octanol–water partition coefficient (Wildman–Crippen LogP) is 5.75. The average Bonchev–Trinajstić information content (AvgIpc) is 2.93. The molecule has 144 valence electrons. The van der Waals surface area contributed by atoms with Crippen molar-refractivity contribution in [2.75, 3.05) is 0 Å². The normalized spacial score (nSPS) is 11.2. The molecule has 0 saturated heterocycles. The molecule has 1 heterocycles. The van der Waals surface area contributed by atoms with E-state index in [0.717, 1.165) is 28.2 Å². The molecule has 0 saturated carbocycles. The number of rotatable bonds is 5. The second kappa shape index (κ2) is 8.82. The van der Waals surface area contributed by atoms with Crippen molar-refractivity contribution in [2.24, 2.45) is 5.10 Å². The van der Waals surface area contributed by atoms with Gasteiger partial charge in [-0.25, -0.2) is 5.43 Å². The molecule has 7 heteroatoms. The van der Waals surface area contributed by atoms with Gasteiger partial charge in [0.15, 0.2) is 0 Å². The number of hydrogen-bond donors (Lipinski definition) is 1. The summed E-state index contributed by atoms with van der Waals surface area (Å²) in [6.07, 6.45) is 1.85. The minimum atomic E-state index is -0.203. The van der Waals surface area contributed by atoms with E-state index >= 15 is 0 Å². The summed E-state index contributed by atoms with van der Waals surface area (Å²) in [5, 5.41) is 5.71. The smallest absolute Gasteiger partial charge is 0.244 e. The Morgan fingerprint density at radius 2 is 1.82 bits per heavy atom. The Morgan fingerprint density at radius 1 is 1.11 bits per heavy atom. The van der Waals surface area contributed by atoms with E-state index in [0.29, 0.717) is 15.1 Å². The van der Waals surface area contributed by atoms with Gasteiger partial charge in [0.25, 0.3) is 0 Å². The summed E-state index contributed by atoms with van der Waals surface area (Å²) in [6.45, 7) is 3.93. The summed E-state index contributed by atoms with van der Waals surface area (Å²) in [5.41, 5.74) is 7.02. The zero-order valence-corrected chi connectivity index (χ0v) is 17.6. The third-order valence-electron chi connectivity index (χ3n) is 4.31. The van der Waals surface area contributed by atoms with Crippen molar-refractivity contribution < 1.29 is 4.79 Å². The van der Waals surface area contributed by atoms with Gasteiger partial charge in [-0.3, -0.25) is 4.79 Å². The van der Waals surface area contributed by atoms with E-state index in [1.54, 1.807) is 24.4 Å². The predicted molar refractivity (Wildman–Crippen MR) is 116 cm³/mol. The standard InChI is InChI=1S/C21H18Cl3N3O/c1-13-10-16(14(2)27(13)19-5-3-4-18(23)21(19)24)12-25-26-20(28)11-15-6-8-17(22)9-7-15/h3-10,12H,11H2,1-2H3,(H,26,28)/b25-12-. The van der Waals surface area contributed by atoms with E-state index in [9.17, 15) is 4.79 Å². The van der Waals surface area contributed by atoms with Gasteiger partial charge in [-0.1, -0.05) is 53.0 Å². The maximum atomic E-state index is 12.1. The van der Waals surface area contributed by atoms with Crippen molar-refractivity contribution in [2.45, 2.75) is 20.3 Å². The van der Waals surface area contributed by atoms with Crippen LogP contribution in [0.25, 0.3) is 5.69 Å². The minimum Gasteiger partial charge on any atom is -0.316 e. The van der Waals surface area contributed by atoms with Gasteiger partial charge in [-0.05, 0) is 49.7 Å². The molecule has 3 rings (SSSR count). The van der Waals surface area contributed by atoms with Crippen LogP contribution in [-0.4, -0.2) is 16.7 Å². The third-order valence-corrected chi connectivity index (χ3v) is 5.37. The van der Waals surface area contributed by atoms with E-state index < -0.39 is 0 Å². The molecular weight excluding hydrogens is 417 g/mol. The van der Waals surface area contributed by atoms with E-state index in [1.165, 1.54) is 0 Å². The maximum Gasteiger partial charge on any atom is 0.244 e. The molecule has 1 aromatic heterocycles. The van der Waals surface area contributed by atoms with Crippen LogP contribution in [0.2, 0.25) is 15.1 Å². The number of nitrogens with zero attached hydrogens (tertiary/aromatic N) is 2. The van der Waals surface area contributed by atoms with Crippen molar-refractivity contribution >= 4 is 46.9 Å². The maximum absolute atomic E-state index is 12.1. The van der Waals surface area contributed by atoms with Crippen LogP contribution in [0.5, 0.6) is 0 Å². The molecule has 2 aromatic carbocycles. The molecule has 3 aromatic rings. The summed E-state index contributed by atoms with van der Waals surface area (Å²) in [7, 11) is 0.